The van der Waals surface area contributed by atoms with Crippen LogP contribution in [0.1, 0.15) is 16.2 Å². The van der Waals surface area contributed by atoms with Gasteiger partial charge in [-0.25, -0.2) is 4.79 Å². The predicted octanol–water partition coefficient (Wildman–Crippen LogP) is 4.40. The predicted molar refractivity (Wildman–Crippen MR) is 85.3 cm³/mol. The van der Waals surface area contributed by atoms with Crippen LogP contribution in [0.15, 0.2) is 52.9 Å². The Balaban J connectivity index is 1.67. The maximum Gasteiger partial charge on any atom is 0.338 e. The molecule has 0 unspecified atom stereocenters. The summed E-state index contributed by atoms with van der Waals surface area (Å²) in [5.41, 5.74) is 1.01. The van der Waals surface area contributed by atoms with Crippen LogP contribution in [0, 0.1) is 0 Å². The highest BCUT2D eigenvalue weighted by Gasteiger charge is 2.13. The molecule has 0 aliphatic rings. The number of rotatable bonds is 4. The van der Waals surface area contributed by atoms with Gasteiger partial charge in [0.1, 0.15) is 0 Å². The number of halogens is 2. The van der Waals surface area contributed by atoms with Gasteiger partial charge in [-0.1, -0.05) is 35.3 Å². The van der Waals surface area contributed by atoms with Crippen molar-refractivity contribution in [1.82, 2.24) is 10.2 Å². The van der Waals surface area contributed by atoms with Crippen molar-refractivity contribution >= 4 is 29.2 Å². The summed E-state index contributed by atoms with van der Waals surface area (Å²) < 4.78 is 10.6. The van der Waals surface area contributed by atoms with Crippen LogP contribution < -0.4 is 0 Å². The summed E-state index contributed by atoms with van der Waals surface area (Å²) in [6, 6.07) is 13.5. The Bertz CT molecular complexity index is 831. The minimum absolute atomic E-state index is 0.126. The smallest absolute Gasteiger partial charge is 0.338 e. The molecule has 5 nitrogen and oxygen atoms in total. The molecule has 7 heteroatoms. The van der Waals surface area contributed by atoms with E-state index in [-0.39, 0.29) is 18.4 Å². The molecule has 1 heterocycles. The van der Waals surface area contributed by atoms with Gasteiger partial charge in [-0.2, -0.15) is 0 Å². The zero-order valence-corrected chi connectivity index (χ0v) is 13.2. The third-order valence-corrected chi connectivity index (χ3v) is 3.56. The second-order valence-electron chi connectivity index (χ2n) is 4.56. The van der Waals surface area contributed by atoms with E-state index in [1.165, 1.54) is 0 Å². The van der Waals surface area contributed by atoms with Gasteiger partial charge < -0.3 is 9.15 Å². The van der Waals surface area contributed by atoms with E-state index in [0.29, 0.717) is 21.2 Å². The average Bonchev–Trinajstić information content (AvgIpc) is 3.02. The number of benzene rings is 2. The molecular weight excluding hydrogens is 339 g/mol. The van der Waals surface area contributed by atoms with Crippen molar-refractivity contribution in [1.29, 1.82) is 0 Å². The summed E-state index contributed by atoms with van der Waals surface area (Å²) in [6.07, 6.45) is 0. The molecule has 0 fully saturated rings. The second-order valence-corrected chi connectivity index (χ2v) is 5.41. The van der Waals surface area contributed by atoms with Gasteiger partial charge in [0.2, 0.25) is 5.89 Å². The summed E-state index contributed by atoms with van der Waals surface area (Å²) in [5.74, 6) is -0.0467. The van der Waals surface area contributed by atoms with Crippen LogP contribution in [0.25, 0.3) is 11.5 Å². The van der Waals surface area contributed by atoms with Gasteiger partial charge in [-0.15, -0.1) is 10.2 Å². The minimum atomic E-state index is -0.501. The third-order valence-electron chi connectivity index (χ3n) is 2.98. The van der Waals surface area contributed by atoms with Crippen LogP contribution in [0.3, 0.4) is 0 Å². The lowest BCUT2D eigenvalue weighted by molar-refractivity contribution is 0.0438. The van der Waals surface area contributed by atoms with Gasteiger partial charge in [-0.3, -0.25) is 0 Å². The van der Waals surface area contributed by atoms with E-state index in [1.54, 1.807) is 42.5 Å². The molecule has 0 N–H and O–H groups in total. The number of carbonyl (C=O) groups is 1. The average molecular weight is 349 g/mol. The van der Waals surface area contributed by atoms with Crippen molar-refractivity contribution in [3.63, 3.8) is 0 Å². The summed E-state index contributed by atoms with van der Waals surface area (Å²) in [4.78, 5) is 11.9. The number of aromatic nitrogens is 2. The molecule has 0 saturated carbocycles. The molecular formula is C16H10Cl2N2O3. The molecule has 0 aliphatic heterocycles. The lowest BCUT2D eigenvalue weighted by Gasteiger charge is -2.02. The fraction of sp³-hybridized carbons (Fsp3) is 0.0625. The number of hydrogen-bond donors (Lipinski definition) is 0. The topological polar surface area (TPSA) is 65.2 Å². The number of hydrogen-bond acceptors (Lipinski definition) is 5. The molecule has 0 spiro atoms. The molecule has 0 aliphatic carbocycles. The Morgan fingerprint density at radius 3 is 2.52 bits per heavy atom. The maximum absolute atomic E-state index is 11.9. The normalized spacial score (nSPS) is 10.5. The molecule has 3 rings (SSSR count). The van der Waals surface area contributed by atoms with E-state index < -0.39 is 5.97 Å². The molecule has 116 valence electrons. The van der Waals surface area contributed by atoms with Crippen LogP contribution >= 0.6 is 23.2 Å². The SMILES string of the molecule is O=C(OCc1nnc(-c2ccccc2Cl)o1)c1ccc(Cl)cc1. The molecule has 3 aromatic rings. The van der Waals surface area contributed by atoms with Crippen molar-refractivity contribution in [3.8, 4) is 11.5 Å². The van der Waals surface area contributed by atoms with Crippen molar-refractivity contribution in [2.45, 2.75) is 6.61 Å². The van der Waals surface area contributed by atoms with Gasteiger partial charge >= 0.3 is 5.97 Å². The van der Waals surface area contributed by atoms with E-state index in [4.69, 9.17) is 32.4 Å². The second kappa shape index (κ2) is 6.81. The molecule has 0 saturated heterocycles. The van der Waals surface area contributed by atoms with Crippen molar-refractivity contribution in [3.05, 3.63) is 70.0 Å². The van der Waals surface area contributed by atoms with E-state index >= 15 is 0 Å². The Labute approximate surface area is 141 Å². The molecule has 0 bridgehead atoms. The van der Waals surface area contributed by atoms with Crippen LogP contribution in [0.4, 0.5) is 0 Å². The number of ether oxygens (including phenoxy) is 1. The quantitative estimate of drug-likeness (QED) is 0.653. The fourth-order valence-electron chi connectivity index (χ4n) is 1.85. The maximum atomic E-state index is 11.9. The first-order valence-electron chi connectivity index (χ1n) is 6.63. The van der Waals surface area contributed by atoms with Gasteiger partial charge in [0.25, 0.3) is 5.89 Å². The first-order valence-corrected chi connectivity index (χ1v) is 7.39. The fourth-order valence-corrected chi connectivity index (χ4v) is 2.19. The van der Waals surface area contributed by atoms with Gasteiger partial charge in [0.15, 0.2) is 6.61 Å². The van der Waals surface area contributed by atoms with E-state index in [9.17, 15) is 4.79 Å². The van der Waals surface area contributed by atoms with Crippen LogP contribution in [-0.2, 0) is 11.3 Å². The Kier molecular flexibility index (Phi) is 4.60. The summed E-state index contributed by atoms with van der Waals surface area (Å²) >= 11 is 11.8. The number of nitrogens with zero attached hydrogens (tertiary/aromatic N) is 2. The molecule has 0 amide bonds. The van der Waals surface area contributed by atoms with Gasteiger partial charge in [0, 0.05) is 5.02 Å². The highest BCUT2D eigenvalue weighted by molar-refractivity contribution is 6.33. The lowest BCUT2D eigenvalue weighted by atomic mass is 10.2. The van der Waals surface area contributed by atoms with Crippen molar-refractivity contribution < 1.29 is 13.9 Å². The van der Waals surface area contributed by atoms with Crippen LogP contribution in [-0.4, -0.2) is 16.2 Å². The highest BCUT2D eigenvalue weighted by Crippen LogP contribution is 2.26. The molecule has 0 atom stereocenters. The standard InChI is InChI=1S/C16H10Cl2N2O3/c17-11-7-5-10(6-8-11)16(21)22-9-14-19-20-15(23-14)12-3-1-2-4-13(12)18/h1-8H,9H2. The molecule has 23 heavy (non-hydrogen) atoms. The zero-order valence-electron chi connectivity index (χ0n) is 11.7. The third kappa shape index (κ3) is 3.70. The van der Waals surface area contributed by atoms with Crippen molar-refractivity contribution in [2.75, 3.05) is 0 Å². The van der Waals surface area contributed by atoms with E-state index in [2.05, 4.69) is 10.2 Å². The van der Waals surface area contributed by atoms with Gasteiger partial charge in [-0.05, 0) is 36.4 Å². The monoisotopic (exact) mass is 348 g/mol. The number of carbonyl (C=O) groups excluding carboxylic acids is 1. The summed E-state index contributed by atoms with van der Waals surface area (Å²) in [5, 5.41) is 8.78. The zero-order chi connectivity index (χ0) is 16.2. The largest absolute Gasteiger partial charge is 0.452 e. The Morgan fingerprint density at radius 1 is 1.04 bits per heavy atom. The Hall–Kier alpha value is -2.37. The first kappa shape index (κ1) is 15.5. The molecule has 0 radical (unpaired) electrons. The van der Waals surface area contributed by atoms with Crippen molar-refractivity contribution in [2.24, 2.45) is 0 Å². The van der Waals surface area contributed by atoms with E-state index in [0.717, 1.165) is 0 Å². The van der Waals surface area contributed by atoms with Crippen LogP contribution in [0.2, 0.25) is 10.0 Å². The van der Waals surface area contributed by atoms with E-state index in [1.807, 2.05) is 6.07 Å². The lowest BCUT2D eigenvalue weighted by Crippen LogP contribution is -2.05. The first-order chi connectivity index (χ1) is 11.1. The summed E-state index contributed by atoms with van der Waals surface area (Å²) in [6.45, 7) is -0.126. The number of esters is 1. The highest BCUT2D eigenvalue weighted by atomic mass is 35.5. The van der Waals surface area contributed by atoms with Crippen LogP contribution in [0.5, 0.6) is 0 Å². The molecule has 1 aromatic heterocycles. The Morgan fingerprint density at radius 2 is 1.78 bits per heavy atom. The van der Waals surface area contributed by atoms with Gasteiger partial charge in [0.05, 0.1) is 16.1 Å². The minimum Gasteiger partial charge on any atom is -0.452 e. The summed E-state index contributed by atoms with van der Waals surface area (Å²) in [7, 11) is 0. The molecule has 2 aromatic carbocycles.